The molecule has 0 bridgehead atoms. The Hall–Kier alpha value is -1.85. The molecular weight excluding hydrogens is 276 g/mol. The van der Waals surface area contributed by atoms with Crippen molar-refractivity contribution in [1.82, 2.24) is 9.97 Å². The van der Waals surface area contributed by atoms with Gasteiger partial charge in [-0.1, -0.05) is 31.5 Å². The van der Waals surface area contributed by atoms with Crippen LogP contribution < -0.4 is 16.0 Å². The van der Waals surface area contributed by atoms with Gasteiger partial charge in [-0.15, -0.1) is 0 Å². The van der Waals surface area contributed by atoms with E-state index in [9.17, 15) is 0 Å². The number of rotatable bonds is 4. The fourth-order valence-corrected chi connectivity index (χ4v) is 2.09. The number of anilines is 1. The van der Waals surface area contributed by atoms with Crippen LogP contribution in [-0.2, 0) is 0 Å². The largest absolute Gasteiger partial charge is 0.496 e. The van der Waals surface area contributed by atoms with Crippen molar-refractivity contribution in [3.05, 3.63) is 35.0 Å². The van der Waals surface area contributed by atoms with E-state index in [1.54, 1.807) is 13.2 Å². The fourth-order valence-electron chi connectivity index (χ4n) is 1.84. The molecule has 2 aromatic rings. The van der Waals surface area contributed by atoms with E-state index in [0.717, 1.165) is 5.69 Å². The Morgan fingerprint density at radius 2 is 2.05 bits per heavy atom. The summed E-state index contributed by atoms with van der Waals surface area (Å²) >= 11 is 6.26. The summed E-state index contributed by atoms with van der Waals surface area (Å²) in [5.41, 5.74) is 4.10. The molecule has 5 nitrogen and oxygen atoms in total. The molecule has 20 heavy (non-hydrogen) atoms. The number of methoxy groups -OCH3 is 1. The third-order valence-electron chi connectivity index (χ3n) is 2.90. The first-order chi connectivity index (χ1) is 9.56. The number of nitrogens with one attached hydrogen (secondary N) is 1. The van der Waals surface area contributed by atoms with Gasteiger partial charge in [-0.3, -0.25) is 0 Å². The lowest BCUT2D eigenvalue weighted by molar-refractivity contribution is 0.416. The molecule has 106 valence electrons. The highest BCUT2D eigenvalue weighted by atomic mass is 35.5. The minimum Gasteiger partial charge on any atom is -0.496 e. The van der Waals surface area contributed by atoms with E-state index in [2.05, 4.69) is 29.2 Å². The van der Waals surface area contributed by atoms with Crippen LogP contribution in [0, 0.1) is 0 Å². The molecule has 0 unspecified atom stereocenters. The van der Waals surface area contributed by atoms with Crippen LogP contribution in [-0.4, -0.2) is 17.1 Å². The number of nitrogens with zero attached hydrogens (tertiary/aromatic N) is 2. The summed E-state index contributed by atoms with van der Waals surface area (Å²) in [6, 6.07) is 7.24. The van der Waals surface area contributed by atoms with Gasteiger partial charge in [0.1, 0.15) is 11.6 Å². The van der Waals surface area contributed by atoms with E-state index in [0.29, 0.717) is 28.0 Å². The van der Waals surface area contributed by atoms with Gasteiger partial charge in [0.2, 0.25) is 0 Å². The van der Waals surface area contributed by atoms with Gasteiger partial charge in [0.25, 0.3) is 0 Å². The predicted octanol–water partition coefficient (Wildman–Crippen LogP) is 3.21. The zero-order valence-electron chi connectivity index (χ0n) is 11.6. The number of hydrazine groups is 1. The predicted molar refractivity (Wildman–Crippen MR) is 80.9 cm³/mol. The lowest BCUT2D eigenvalue weighted by atomic mass is 10.1. The van der Waals surface area contributed by atoms with E-state index in [1.165, 1.54) is 0 Å². The van der Waals surface area contributed by atoms with Crippen molar-refractivity contribution in [2.75, 3.05) is 12.5 Å². The molecule has 0 amide bonds. The number of hydrogen-bond donors (Lipinski definition) is 2. The Labute approximate surface area is 123 Å². The standard InChI is InChI=1S/C14H17ClN4O/c1-8(2)10-7-12(19-16)18-14(17-10)13-9(15)5-4-6-11(13)20-3/h4-8H,16H2,1-3H3,(H,17,18,19). The van der Waals surface area contributed by atoms with Crippen molar-refractivity contribution in [1.29, 1.82) is 0 Å². The second kappa shape index (κ2) is 6.07. The van der Waals surface area contributed by atoms with Gasteiger partial charge in [0.15, 0.2) is 5.82 Å². The number of nitrogen functional groups attached to an aromatic ring is 1. The maximum Gasteiger partial charge on any atom is 0.167 e. The number of halogens is 1. The topological polar surface area (TPSA) is 73.1 Å². The first-order valence-electron chi connectivity index (χ1n) is 6.25. The zero-order chi connectivity index (χ0) is 14.7. The van der Waals surface area contributed by atoms with Crippen molar-refractivity contribution < 1.29 is 4.74 Å². The highest BCUT2D eigenvalue weighted by molar-refractivity contribution is 6.33. The number of aromatic nitrogens is 2. The van der Waals surface area contributed by atoms with Gasteiger partial charge < -0.3 is 10.2 Å². The van der Waals surface area contributed by atoms with E-state index in [1.807, 2.05) is 18.2 Å². The Kier molecular flexibility index (Phi) is 4.42. The van der Waals surface area contributed by atoms with E-state index >= 15 is 0 Å². The summed E-state index contributed by atoms with van der Waals surface area (Å²) in [5.74, 6) is 7.38. The van der Waals surface area contributed by atoms with Crippen LogP contribution in [0.2, 0.25) is 5.02 Å². The van der Waals surface area contributed by atoms with Crippen LogP contribution in [0.15, 0.2) is 24.3 Å². The quantitative estimate of drug-likeness (QED) is 0.668. The minimum atomic E-state index is 0.248. The second-order valence-corrected chi connectivity index (χ2v) is 5.02. The molecule has 0 aliphatic heterocycles. The smallest absolute Gasteiger partial charge is 0.167 e. The molecule has 0 atom stereocenters. The van der Waals surface area contributed by atoms with Crippen LogP contribution in [0.1, 0.15) is 25.5 Å². The first kappa shape index (κ1) is 14.6. The Bertz CT molecular complexity index is 616. The van der Waals surface area contributed by atoms with Crippen LogP contribution in [0.25, 0.3) is 11.4 Å². The van der Waals surface area contributed by atoms with Crippen LogP contribution in [0.4, 0.5) is 5.82 Å². The van der Waals surface area contributed by atoms with E-state index in [-0.39, 0.29) is 5.92 Å². The van der Waals surface area contributed by atoms with Crippen molar-refractivity contribution >= 4 is 17.4 Å². The van der Waals surface area contributed by atoms with Crippen molar-refractivity contribution in [3.8, 4) is 17.1 Å². The highest BCUT2D eigenvalue weighted by Gasteiger charge is 2.16. The second-order valence-electron chi connectivity index (χ2n) is 4.62. The Morgan fingerprint density at radius 1 is 1.30 bits per heavy atom. The summed E-state index contributed by atoms with van der Waals surface area (Å²) in [4.78, 5) is 8.91. The molecule has 1 aromatic carbocycles. The average molecular weight is 293 g/mol. The number of ether oxygens (including phenoxy) is 1. The first-order valence-corrected chi connectivity index (χ1v) is 6.63. The van der Waals surface area contributed by atoms with Gasteiger partial charge in [0, 0.05) is 11.8 Å². The van der Waals surface area contributed by atoms with E-state index < -0.39 is 0 Å². The summed E-state index contributed by atoms with van der Waals surface area (Å²) in [7, 11) is 1.59. The Morgan fingerprint density at radius 3 is 2.65 bits per heavy atom. The van der Waals surface area contributed by atoms with Gasteiger partial charge in [-0.05, 0) is 18.1 Å². The highest BCUT2D eigenvalue weighted by Crippen LogP contribution is 2.35. The molecule has 1 aromatic heterocycles. The third-order valence-corrected chi connectivity index (χ3v) is 3.22. The molecule has 0 saturated heterocycles. The van der Waals surface area contributed by atoms with Gasteiger partial charge in [0.05, 0.1) is 17.7 Å². The molecule has 6 heteroatoms. The van der Waals surface area contributed by atoms with Crippen molar-refractivity contribution in [2.24, 2.45) is 5.84 Å². The average Bonchev–Trinajstić information content (AvgIpc) is 2.46. The molecule has 0 radical (unpaired) electrons. The zero-order valence-corrected chi connectivity index (χ0v) is 12.4. The summed E-state index contributed by atoms with van der Waals surface area (Å²) < 4.78 is 5.34. The fraction of sp³-hybridized carbons (Fsp3) is 0.286. The monoisotopic (exact) mass is 292 g/mol. The number of benzene rings is 1. The molecule has 0 spiro atoms. The third kappa shape index (κ3) is 2.84. The number of hydrogen-bond acceptors (Lipinski definition) is 5. The van der Waals surface area contributed by atoms with Crippen molar-refractivity contribution in [2.45, 2.75) is 19.8 Å². The SMILES string of the molecule is COc1cccc(Cl)c1-c1nc(NN)cc(C(C)C)n1. The lowest BCUT2D eigenvalue weighted by Crippen LogP contribution is -2.11. The summed E-state index contributed by atoms with van der Waals surface area (Å²) in [6.45, 7) is 4.10. The van der Waals surface area contributed by atoms with E-state index in [4.69, 9.17) is 22.2 Å². The van der Waals surface area contributed by atoms with Crippen LogP contribution in [0.5, 0.6) is 5.75 Å². The molecule has 0 aliphatic carbocycles. The molecule has 2 rings (SSSR count). The van der Waals surface area contributed by atoms with Crippen molar-refractivity contribution in [3.63, 3.8) is 0 Å². The maximum absolute atomic E-state index is 6.26. The van der Waals surface area contributed by atoms with Gasteiger partial charge in [-0.2, -0.15) is 0 Å². The lowest BCUT2D eigenvalue weighted by Gasteiger charge is -2.13. The Balaban J connectivity index is 2.66. The molecule has 0 saturated carbocycles. The molecule has 0 fully saturated rings. The molecule has 0 aliphatic rings. The maximum atomic E-state index is 6.26. The normalized spacial score (nSPS) is 10.7. The van der Waals surface area contributed by atoms with Gasteiger partial charge >= 0.3 is 0 Å². The molecule has 3 N–H and O–H groups in total. The van der Waals surface area contributed by atoms with Crippen LogP contribution in [0.3, 0.4) is 0 Å². The minimum absolute atomic E-state index is 0.248. The number of nitrogens with two attached hydrogens (primary N) is 1. The molecular formula is C14H17ClN4O. The van der Waals surface area contributed by atoms with Crippen LogP contribution >= 0.6 is 11.6 Å². The summed E-state index contributed by atoms with van der Waals surface area (Å²) in [6.07, 6.45) is 0. The van der Waals surface area contributed by atoms with Gasteiger partial charge in [-0.25, -0.2) is 15.8 Å². The molecule has 1 heterocycles. The summed E-state index contributed by atoms with van der Waals surface area (Å²) in [5, 5.41) is 0.535.